The lowest BCUT2D eigenvalue weighted by Gasteiger charge is -2.33. The number of thiophene rings is 1. The van der Waals surface area contributed by atoms with Gasteiger partial charge in [0.2, 0.25) is 0 Å². The largest absolute Gasteiger partial charge is 0.493 e. The van der Waals surface area contributed by atoms with Gasteiger partial charge >= 0.3 is 0 Å². The van der Waals surface area contributed by atoms with Crippen molar-refractivity contribution in [1.29, 1.82) is 0 Å². The van der Waals surface area contributed by atoms with Crippen molar-refractivity contribution in [3.63, 3.8) is 0 Å². The molecule has 162 valence electrons. The first-order valence-electron chi connectivity index (χ1n) is 10.8. The topological polar surface area (TPSA) is 69.0 Å². The molecule has 8 heteroatoms. The van der Waals surface area contributed by atoms with Crippen LogP contribution in [0.25, 0.3) is 26.8 Å². The molecule has 0 N–H and O–H groups in total. The average molecular weight is 439 g/mol. The molecule has 4 heterocycles. The fourth-order valence-electron chi connectivity index (χ4n) is 4.39. The van der Waals surface area contributed by atoms with Gasteiger partial charge in [0.25, 0.3) is 5.56 Å². The van der Waals surface area contributed by atoms with Crippen molar-refractivity contribution in [2.75, 3.05) is 26.8 Å². The van der Waals surface area contributed by atoms with Crippen molar-refractivity contribution < 1.29 is 9.47 Å². The lowest BCUT2D eigenvalue weighted by atomic mass is 10.0. The van der Waals surface area contributed by atoms with Gasteiger partial charge in [-0.15, -0.1) is 11.3 Å². The minimum Gasteiger partial charge on any atom is -0.493 e. The van der Waals surface area contributed by atoms with E-state index in [9.17, 15) is 4.79 Å². The van der Waals surface area contributed by atoms with E-state index in [2.05, 4.69) is 16.8 Å². The zero-order valence-electron chi connectivity index (χ0n) is 17.8. The van der Waals surface area contributed by atoms with Crippen molar-refractivity contribution >= 4 is 38.1 Å². The van der Waals surface area contributed by atoms with Gasteiger partial charge < -0.3 is 14.4 Å². The third-order valence-electron chi connectivity index (χ3n) is 6.13. The van der Waals surface area contributed by atoms with Gasteiger partial charge in [-0.2, -0.15) is 0 Å². The highest BCUT2D eigenvalue weighted by Crippen LogP contribution is 2.33. The molecule has 0 amide bonds. The van der Waals surface area contributed by atoms with Crippen molar-refractivity contribution in [2.45, 2.75) is 38.6 Å². The second-order valence-corrected chi connectivity index (χ2v) is 9.01. The Hall–Kier alpha value is -2.71. The van der Waals surface area contributed by atoms with Crippen LogP contribution < -0.4 is 15.0 Å². The zero-order valence-corrected chi connectivity index (χ0v) is 18.7. The number of fused-ring (bicyclic) bond motifs is 4. The zero-order chi connectivity index (χ0) is 21.4. The van der Waals surface area contributed by atoms with E-state index in [1.54, 1.807) is 13.4 Å². The summed E-state index contributed by atoms with van der Waals surface area (Å²) in [5.74, 6) is 1.28. The van der Waals surface area contributed by atoms with Crippen molar-refractivity contribution in [3.8, 4) is 11.5 Å². The van der Waals surface area contributed by atoms with E-state index in [1.807, 2.05) is 23.6 Å². The van der Waals surface area contributed by atoms with E-state index in [4.69, 9.17) is 14.5 Å². The predicted octanol–water partition coefficient (Wildman–Crippen LogP) is 4.11. The minimum absolute atomic E-state index is 0.101. The number of hydrogen-bond donors (Lipinski definition) is 0. The predicted molar refractivity (Wildman–Crippen MR) is 124 cm³/mol. The van der Waals surface area contributed by atoms with Crippen LogP contribution in [0.4, 0.5) is 0 Å². The Balaban J connectivity index is 1.42. The molecule has 1 unspecified atom stereocenters. The normalized spacial score (nSPS) is 17.5. The quantitative estimate of drug-likeness (QED) is 0.333. The number of methoxy groups -OCH3 is 1. The molecule has 0 radical (unpaired) electrons. The molecule has 0 saturated carbocycles. The lowest BCUT2D eigenvalue weighted by molar-refractivity contribution is 0.148. The number of benzene rings is 1. The Morgan fingerprint density at radius 3 is 2.97 bits per heavy atom. The van der Waals surface area contributed by atoms with Gasteiger partial charge in [-0.1, -0.05) is 6.42 Å². The van der Waals surface area contributed by atoms with E-state index < -0.39 is 0 Å². The van der Waals surface area contributed by atoms with Gasteiger partial charge in [0, 0.05) is 24.0 Å². The van der Waals surface area contributed by atoms with Crippen molar-refractivity contribution in [2.24, 2.45) is 0 Å². The van der Waals surface area contributed by atoms with E-state index in [0.29, 0.717) is 40.0 Å². The molecule has 1 aromatic carbocycles. The van der Waals surface area contributed by atoms with Crippen LogP contribution in [0.15, 0.2) is 34.7 Å². The van der Waals surface area contributed by atoms with Crippen LogP contribution in [-0.2, 0) is 0 Å². The molecule has 1 fully saturated rings. The lowest BCUT2D eigenvalue weighted by Crippen LogP contribution is -2.38. The monoisotopic (exact) mass is 438 g/mol. The summed E-state index contributed by atoms with van der Waals surface area (Å²) in [5.41, 5.74) is 1.90. The van der Waals surface area contributed by atoms with E-state index in [-0.39, 0.29) is 5.56 Å². The van der Waals surface area contributed by atoms with E-state index in [0.717, 1.165) is 23.9 Å². The number of hydrogen-bond acceptors (Lipinski definition) is 7. The first-order valence-corrected chi connectivity index (χ1v) is 11.7. The summed E-state index contributed by atoms with van der Waals surface area (Å²) in [6.07, 6.45) is 6.42. The molecule has 7 nitrogen and oxygen atoms in total. The highest BCUT2D eigenvalue weighted by Gasteiger charge is 2.18. The van der Waals surface area contributed by atoms with Gasteiger partial charge in [0.15, 0.2) is 17.1 Å². The summed E-state index contributed by atoms with van der Waals surface area (Å²) in [6, 6.07) is 6.27. The maximum absolute atomic E-state index is 12.8. The Morgan fingerprint density at radius 2 is 2.13 bits per heavy atom. The van der Waals surface area contributed by atoms with Crippen LogP contribution in [0.1, 0.15) is 32.6 Å². The van der Waals surface area contributed by atoms with Gasteiger partial charge in [-0.05, 0) is 50.2 Å². The number of aromatic nitrogens is 3. The summed E-state index contributed by atoms with van der Waals surface area (Å²) < 4.78 is 13.8. The molecule has 5 rings (SSSR count). The second kappa shape index (κ2) is 8.43. The molecule has 0 spiro atoms. The molecule has 1 aliphatic rings. The van der Waals surface area contributed by atoms with Crippen LogP contribution in [-0.4, -0.2) is 52.1 Å². The standard InChI is InChI=1S/C23H26N4O3S/c1-15-6-3-4-8-26(15)9-5-10-30-20-13-18-16(12-19(20)29-2)22-25-17-7-11-31-21(17)23(28)27(22)14-24-18/h7,11-15H,3-6,8-10H2,1-2H3. The Bertz CT molecular complexity index is 1300. The number of piperidine rings is 1. The van der Waals surface area contributed by atoms with Gasteiger partial charge in [0.1, 0.15) is 11.0 Å². The van der Waals surface area contributed by atoms with Gasteiger partial charge in [-0.25, -0.2) is 14.4 Å². The molecule has 0 bridgehead atoms. The molecular weight excluding hydrogens is 412 g/mol. The SMILES string of the molecule is COc1cc2c(cc1OCCCN1CCCCC1C)ncn1c(=O)c3sccc3nc21. The fraction of sp³-hybridized carbons (Fsp3) is 0.435. The van der Waals surface area contributed by atoms with Crippen LogP contribution in [0.3, 0.4) is 0 Å². The summed E-state index contributed by atoms with van der Waals surface area (Å²) in [7, 11) is 1.62. The third kappa shape index (κ3) is 3.74. The van der Waals surface area contributed by atoms with E-state index in [1.165, 1.54) is 41.5 Å². The van der Waals surface area contributed by atoms with Gasteiger partial charge in [0.05, 0.1) is 24.8 Å². The molecule has 1 aliphatic heterocycles. The average Bonchev–Trinajstić information content (AvgIpc) is 3.26. The highest BCUT2D eigenvalue weighted by atomic mass is 32.1. The summed E-state index contributed by atoms with van der Waals surface area (Å²) in [6.45, 7) is 5.15. The minimum atomic E-state index is -0.101. The molecular formula is C23H26N4O3S. The van der Waals surface area contributed by atoms with Crippen molar-refractivity contribution in [3.05, 3.63) is 40.3 Å². The Morgan fingerprint density at radius 1 is 1.23 bits per heavy atom. The number of ether oxygens (including phenoxy) is 2. The van der Waals surface area contributed by atoms with Crippen LogP contribution in [0, 0.1) is 0 Å². The summed E-state index contributed by atoms with van der Waals surface area (Å²) in [5, 5.41) is 2.64. The molecule has 1 atom stereocenters. The fourth-order valence-corrected chi connectivity index (χ4v) is 5.15. The Kier molecular flexibility index (Phi) is 5.50. The van der Waals surface area contributed by atoms with Crippen molar-refractivity contribution in [1.82, 2.24) is 19.3 Å². The summed E-state index contributed by atoms with van der Waals surface area (Å²) in [4.78, 5) is 24.5. The Labute approximate surface area is 184 Å². The smallest absolute Gasteiger partial charge is 0.277 e. The molecule has 3 aromatic heterocycles. The molecule has 0 aliphatic carbocycles. The first kappa shape index (κ1) is 20.2. The molecule has 1 saturated heterocycles. The summed E-state index contributed by atoms with van der Waals surface area (Å²) >= 11 is 1.39. The van der Waals surface area contributed by atoms with E-state index >= 15 is 0 Å². The maximum Gasteiger partial charge on any atom is 0.277 e. The van der Waals surface area contributed by atoms with Crippen LogP contribution >= 0.6 is 11.3 Å². The number of rotatable bonds is 6. The molecule has 31 heavy (non-hydrogen) atoms. The number of likely N-dealkylation sites (tertiary alicyclic amines) is 1. The first-order chi connectivity index (χ1) is 15.2. The second-order valence-electron chi connectivity index (χ2n) is 8.09. The number of nitrogens with zero attached hydrogens (tertiary/aromatic N) is 4. The molecule has 4 aromatic rings. The van der Waals surface area contributed by atoms with Gasteiger partial charge in [-0.3, -0.25) is 4.79 Å². The van der Waals surface area contributed by atoms with Crippen LogP contribution in [0.2, 0.25) is 0 Å². The highest BCUT2D eigenvalue weighted by molar-refractivity contribution is 7.17. The third-order valence-corrected chi connectivity index (χ3v) is 7.03. The maximum atomic E-state index is 12.8. The van der Waals surface area contributed by atoms with Crippen LogP contribution in [0.5, 0.6) is 11.5 Å².